The van der Waals surface area contributed by atoms with Crippen molar-refractivity contribution >= 4 is 17.5 Å². The summed E-state index contributed by atoms with van der Waals surface area (Å²) in [7, 11) is 0. The Morgan fingerprint density at radius 1 is 1.32 bits per heavy atom. The highest BCUT2D eigenvalue weighted by Crippen LogP contribution is 2.22. The van der Waals surface area contributed by atoms with Gasteiger partial charge in [-0.05, 0) is 50.8 Å². The minimum atomic E-state index is -0.0637. The Hall–Kier alpha value is -1.88. The summed E-state index contributed by atoms with van der Waals surface area (Å²) in [4.78, 5) is 26.3. The molecule has 1 aromatic carbocycles. The number of hydrogen-bond donors (Lipinski definition) is 2. The van der Waals surface area contributed by atoms with E-state index in [4.69, 9.17) is 5.73 Å². The van der Waals surface area contributed by atoms with Crippen molar-refractivity contribution in [2.75, 3.05) is 18.4 Å². The van der Waals surface area contributed by atoms with Gasteiger partial charge in [0.05, 0.1) is 0 Å². The standard InChI is InChI=1S/C17H25N3O2/c1-12(18)8-9-16(21)19-15-7-5-6-14(13(15)2)17(22)20-10-3-4-11-20/h5-7,12H,3-4,8-11,18H2,1-2H3,(H,19,21). The Labute approximate surface area is 131 Å². The van der Waals surface area contributed by atoms with E-state index in [0.717, 1.165) is 31.5 Å². The van der Waals surface area contributed by atoms with E-state index in [1.165, 1.54) is 0 Å². The van der Waals surface area contributed by atoms with Gasteiger partial charge in [-0.3, -0.25) is 9.59 Å². The second-order valence-electron chi connectivity index (χ2n) is 6.04. The van der Waals surface area contributed by atoms with Crippen molar-refractivity contribution in [2.24, 2.45) is 5.73 Å². The quantitative estimate of drug-likeness (QED) is 0.876. The molecule has 2 amide bonds. The molecule has 1 aromatic rings. The van der Waals surface area contributed by atoms with Gasteiger partial charge < -0.3 is 16.0 Å². The zero-order valence-electron chi connectivity index (χ0n) is 13.4. The molecule has 0 bridgehead atoms. The number of hydrogen-bond acceptors (Lipinski definition) is 3. The molecule has 22 heavy (non-hydrogen) atoms. The van der Waals surface area contributed by atoms with Gasteiger partial charge >= 0.3 is 0 Å². The van der Waals surface area contributed by atoms with Crippen LogP contribution in [-0.2, 0) is 4.79 Å². The van der Waals surface area contributed by atoms with Crippen LogP contribution in [0, 0.1) is 6.92 Å². The number of carbonyl (C=O) groups is 2. The molecule has 0 aliphatic carbocycles. The van der Waals surface area contributed by atoms with E-state index in [1.54, 1.807) is 0 Å². The van der Waals surface area contributed by atoms with Gasteiger partial charge in [-0.1, -0.05) is 6.07 Å². The van der Waals surface area contributed by atoms with E-state index in [0.29, 0.717) is 24.1 Å². The summed E-state index contributed by atoms with van der Waals surface area (Å²) in [5, 5.41) is 2.89. The van der Waals surface area contributed by atoms with Gasteiger partial charge in [0, 0.05) is 36.8 Å². The molecule has 1 heterocycles. The van der Waals surface area contributed by atoms with Crippen LogP contribution in [0.25, 0.3) is 0 Å². The smallest absolute Gasteiger partial charge is 0.254 e. The third kappa shape index (κ3) is 4.07. The van der Waals surface area contributed by atoms with Gasteiger partial charge in [-0.15, -0.1) is 0 Å². The maximum absolute atomic E-state index is 12.5. The van der Waals surface area contributed by atoms with E-state index in [1.807, 2.05) is 36.9 Å². The highest BCUT2D eigenvalue weighted by Gasteiger charge is 2.21. The summed E-state index contributed by atoms with van der Waals surface area (Å²) in [5.41, 5.74) is 7.88. The molecule has 5 heteroatoms. The van der Waals surface area contributed by atoms with Crippen LogP contribution in [0.3, 0.4) is 0 Å². The third-order valence-corrected chi connectivity index (χ3v) is 4.06. The van der Waals surface area contributed by atoms with Gasteiger partial charge in [0.1, 0.15) is 0 Å². The molecule has 5 nitrogen and oxygen atoms in total. The number of rotatable bonds is 5. The van der Waals surface area contributed by atoms with Crippen LogP contribution in [0.1, 0.15) is 48.5 Å². The first-order chi connectivity index (χ1) is 10.5. The first kappa shape index (κ1) is 16.5. The minimum Gasteiger partial charge on any atom is -0.339 e. The maximum Gasteiger partial charge on any atom is 0.254 e. The molecule has 2 rings (SSSR count). The number of nitrogens with zero attached hydrogens (tertiary/aromatic N) is 1. The predicted molar refractivity (Wildman–Crippen MR) is 87.8 cm³/mol. The second-order valence-corrected chi connectivity index (χ2v) is 6.04. The molecule has 0 aromatic heterocycles. The van der Waals surface area contributed by atoms with Crippen LogP contribution in [0.2, 0.25) is 0 Å². The van der Waals surface area contributed by atoms with Crippen LogP contribution < -0.4 is 11.1 Å². The zero-order chi connectivity index (χ0) is 16.1. The number of nitrogens with two attached hydrogens (primary N) is 1. The van der Waals surface area contributed by atoms with Gasteiger partial charge in [0.25, 0.3) is 5.91 Å². The fourth-order valence-corrected chi connectivity index (χ4v) is 2.66. The zero-order valence-corrected chi connectivity index (χ0v) is 13.4. The van der Waals surface area contributed by atoms with E-state index >= 15 is 0 Å². The molecule has 3 N–H and O–H groups in total. The lowest BCUT2D eigenvalue weighted by Gasteiger charge is -2.18. The average Bonchev–Trinajstić information content (AvgIpc) is 3.01. The molecule has 0 saturated carbocycles. The van der Waals surface area contributed by atoms with Crippen LogP contribution >= 0.6 is 0 Å². The largest absolute Gasteiger partial charge is 0.339 e. The Balaban J connectivity index is 2.08. The molecule has 0 spiro atoms. The van der Waals surface area contributed by atoms with Crippen LogP contribution in [0.15, 0.2) is 18.2 Å². The molecule has 1 saturated heterocycles. The van der Waals surface area contributed by atoms with Crippen molar-refractivity contribution < 1.29 is 9.59 Å². The molecular weight excluding hydrogens is 278 g/mol. The van der Waals surface area contributed by atoms with E-state index in [-0.39, 0.29) is 17.9 Å². The normalized spacial score (nSPS) is 15.7. The number of likely N-dealkylation sites (tertiary alicyclic amines) is 1. The van der Waals surface area contributed by atoms with E-state index < -0.39 is 0 Å². The number of benzene rings is 1. The van der Waals surface area contributed by atoms with E-state index in [9.17, 15) is 9.59 Å². The lowest BCUT2D eigenvalue weighted by molar-refractivity contribution is -0.116. The van der Waals surface area contributed by atoms with Crippen molar-refractivity contribution in [1.82, 2.24) is 4.90 Å². The van der Waals surface area contributed by atoms with Gasteiger partial charge in [0.15, 0.2) is 0 Å². The van der Waals surface area contributed by atoms with Crippen LogP contribution in [0.5, 0.6) is 0 Å². The Bertz CT molecular complexity index is 549. The summed E-state index contributed by atoms with van der Waals surface area (Å²) >= 11 is 0. The summed E-state index contributed by atoms with van der Waals surface area (Å²) < 4.78 is 0. The molecule has 0 radical (unpaired) electrons. The SMILES string of the molecule is Cc1c(NC(=O)CCC(C)N)cccc1C(=O)N1CCCC1. The lowest BCUT2D eigenvalue weighted by atomic mass is 10.0. The average molecular weight is 303 g/mol. The first-order valence-corrected chi connectivity index (χ1v) is 7.93. The molecule has 1 unspecified atom stereocenters. The minimum absolute atomic E-state index is 0.00919. The number of amides is 2. The number of carbonyl (C=O) groups excluding carboxylic acids is 2. The summed E-state index contributed by atoms with van der Waals surface area (Å²) in [5.74, 6) is -0.00662. The topological polar surface area (TPSA) is 75.4 Å². The Morgan fingerprint density at radius 3 is 2.64 bits per heavy atom. The second kappa shape index (κ2) is 7.40. The van der Waals surface area contributed by atoms with Crippen LogP contribution in [0.4, 0.5) is 5.69 Å². The van der Waals surface area contributed by atoms with Gasteiger partial charge in [0.2, 0.25) is 5.91 Å². The van der Waals surface area contributed by atoms with Gasteiger partial charge in [-0.2, -0.15) is 0 Å². The van der Waals surface area contributed by atoms with Crippen molar-refractivity contribution in [3.63, 3.8) is 0 Å². The molecule has 1 aliphatic rings. The molecule has 1 fully saturated rings. The van der Waals surface area contributed by atoms with Gasteiger partial charge in [-0.25, -0.2) is 0 Å². The third-order valence-electron chi connectivity index (χ3n) is 4.06. The lowest BCUT2D eigenvalue weighted by Crippen LogP contribution is -2.28. The van der Waals surface area contributed by atoms with E-state index in [2.05, 4.69) is 5.32 Å². The van der Waals surface area contributed by atoms with Crippen molar-refractivity contribution in [3.8, 4) is 0 Å². The van der Waals surface area contributed by atoms with Crippen molar-refractivity contribution in [3.05, 3.63) is 29.3 Å². The molecule has 1 atom stereocenters. The summed E-state index contributed by atoms with van der Waals surface area (Å²) in [6.07, 6.45) is 3.18. The summed E-state index contributed by atoms with van der Waals surface area (Å²) in [6.45, 7) is 5.41. The Morgan fingerprint density at radius 2 is 2.00 bits per heavy atom. The fourth-order valence-electron chi connectivity index (χ4n) is 2.66. The number of nitrogens with one attached hydrogen (secondary N) is 1. The highest BCUT2D eigenvalue weighted by atomic mass is 16.2. The maximum atomic E-state index is 12.5. The molecular formula is C17H25N3O2. The number of anilines is 1. The molecule has 120 valence electrons. The molecule has 1 aliphatic heterocycles. The Kier molecular flexibility index (Phi) is 5.55. The summed E-state index contributed by atoms with van der Waals surface area (Å²) in [6, 6.07) is 5.49. The van der Waals surface area contributed by atoms with Crippen LogP contribution in [-0.4, -0.2) is 35.8 Å². The fraction of sp³-hybridized carbons (Fsp3) is 0.529. The predicted octanol–water partition coefficient (Wildman–Crippen LogP) is 2.30. The highest BCUT2D eigenvalue weighted by molar-refractivity contribution is 5.99. The first-order valence-electron chi connectivity index (χ1n) is 7.93. The van der Waals surface area contributed by atoms with Crippen molar-refractivity contribution in [2.45, 2.75) is 45.6 Å². The van der Waals surface area contributed by atoms with Crippen molar-refractivity contribution in [1.29, 1.82) is 0 Å². The monoisotopic (exact) mass is 303 g/mol.